The fraction of sp³-hybridized carbons (Fsp3) is 0.480. The largest absolute Gasteiger partial charge is 0.497 e. The molecule has 4 rings (SSSR count). The molecule has 0 saturated carbocycles. The summed E-state index contributed by atoms with van der Waals surface area (Å²) < 4.78 is 11.0. The fourth-order valence-corrected chi connectivity index (χ4v) is 4.52. The van der Waals surface area contributed by atoms with Crippen molar-refractivity contribution in [3.05, 3.63) is 60.2 Å². The van der Waals surface area contributed by atoms with E-state index in [4.69, 9.17) is 9.47 Å². The van der Waals surface area contributed by atoms with Gasteiger partial charge in [-0.05, 0) is 61.9 Å². The average Bonchev–Trinajstić information content (AvgIpc) is 3.35. The van der Waals surface area contributed by atoms with Gasteiger partial charge < -0.3 is 19.3 Å². The van der Waals surface area contributed by atoms with Gasteiger partial charge in [0.15, 0.2) is 0 Å². The van der Waals surface area contributed by atoms with Crippen LogP contribution in [0.5, 0.6) is 5.75 Å². The van der Waals surface area contributed by atoms with Crippen molar-refractivity contribution in [3.8, 4) is 5.75 Å². The van der Waals surface area contributed by atoms with Gasteiger partial charge in [0.1, 0.15) is 11.9 Å². The summed E-state index contributed by atoms with van der Waals surface area (Å²) in [5.74, 6) is 0.916. The van der Waals surface area contributed by atoms with Crippen LogP contribution in [0.25, 0.3) is 0 Å². The molecule has 0 N–H and O–H groups in total. The van der Waals surface area contributed by atoms with Crippen LogP contribution in [0.4, 0.5) is 5.69 Å². The second-order valence-electron chi connectivity index (χ2n) is 8.22. The molecule has 2 aliphatic heterocycles. The van der Waals surface area contributed by atoms with Crippen LogP contribution in [0.1, 0.15) is 31.2 Å². The first-order valence-corrected chi connectivity index (χ1v) is 11.1. The van der Waals surface area contributed by atoms with Gasteiger partial charge in [0.25, 0.3) is 5.91 Å². The van der Waals surface area contributed by atoms with E-state index in [1.54, 1.807) is 7.11 Å². The second-order valence-corrected chi connectivity index (χ2v) is 8.22. The highest BCUT2D eigenvalue weighted by atomic mass is 35.5. The third-order valence-electron chi connectivity index (χ3n) is 6.27. The minimum atomic E-state index is -0.303. The molecule has 0 aliphatic carbocycles. The number of carbonyl (C=O) groups is 1. The van der Waals surface area contributed by atoms with Gasteiger partial charge in [0.2, 0.25) is 0 Å². The van der Waals surface area contributed by atoms with Crippen LogP contribution in [0.3, 0.4) is 0 Å². The minimum absolute atomic E-state index is 0. The molecule has 168 valence electrons. The highest BCUT2D eigenvalue weighted by Gasteiger charge is 2.35. The second kappa shape index (κ2) is 11.5. The molecule has 2 aromatic rings. The summed E-state index contributed by atoms with van der Waals surface area (Å²) in [4.78, 5) is 17.9. The van der Waals surface area contributed by atoms with Crippen LogP contribution in [0.15, 0.2) is 54.6 Å². The number of hydrogen-bond donors (Lipinski definition) is 0. The van der Waals surface area contributed by atoms with Crippen LogP contribution in [-0.2, 0) is 16.0 Å². The summed E-state index contributed by atoms with van der Waals surface area (Å²) in [6.45, 7) is 3.79. The highest BCUT2D eigenvalue weighted by Crippen LogP contribution is 2.29. The molecule has 2 heterocycles. The Bertz CT molecular complexity index is 801. The lowest BCUT2D eigenvalue weighted by Crippen LogP contribution is -2.50. The third-order valence-corrected chi connectivity index (χ3v) is 6.27. The summed E-state index contributed by atoms with van der Waals surface area (Å²) in [5, 5.41) is 0. The Hall–Kier alpha value is -2.08. The summed E-state index contributed by atoms with van der Waals surface area (Å²) in [7, 11) is 1.66. The number of piperidine rings is 1. The molecule has 2 fully saturated rings. The summed E-state index contributed by atoms with van der Waals surface area (Å²) in [6.07, 6.45) is 4.52. The lowest BCUT2D eigenvalue weighted by molar-refractivity contribution is -0.128. The molecule has 0 aromatic heterocycles. The van der Waals surface area contributed by atoms with Gasteiger partial charge >= 0.3 is 0 Å². The molecule has 5 nitrogen and oxygen atoms in total. The number of nitrogens with zero attached hydrogens (tertiary/aromatic N) is 2. The number of hydrogen-bond acceptors (Lipinski definition) is 4. The van der Waals surface area contributed by atoms with E-state index < -0.39 is 0 Å². The molecule has 1 unspecified atom stereocenters. The molecule has 6 heteroatoms. The van der Waals surface area contributed by atoms with Gasteiger partial charge in [-0.25, -0.2) is 0 Å². The average molecular weight is 445 g/mol. The standard InChI is InChI=1S/C25H32N2O3.ClH/c1-29-23-11-9-21(10-12-23)27(25(28)24-8-5-19-30-24)22-14-17-26(18-15-22)16-13-20-6-3-2-4-7-20;/h2-4,6-7,9-12,22,24H,5,8,13-19H2,1H3;1H. The molecule has 1 amide bonds. The first-order chi connectivity index (χ1) is 14.7. The number of amides is 1. The Kier molecular flexibility index (Phi) is 8.76. The van der Waals surface area contributed by atoms with Gasteiger partial charge in [-0.15, -0.1) is 12.4 Å². The number of ether oxygens (including phenoxy) is 2. The predicted octanol–water partition coefficient (Wildman–Crippen LogP) is 4.34. The number of methoxy groups -OCH3 is 1. The van der Waals surface area contributed by atoms with Crippen LogP contribution >= 0.6 is 12.4 Å². The highest BCUT2D eigenvalue weighted by molar-refractivity contribution is 5.97. The Morgan fingerprint density at radius 1 is 1.06 bits per heavy atom. The van der Waals surface area contributed by atoms with Crippen LogP contribution < -0.4 is 9.64 Å². The Morgan fingerprint density at radius 2 is 1.77 bits per heavy atom. The van der Waals surface area contributed by atoms with Crippen molar-refractivity contribution >= 4 is 24.0 Å². The fourth-order valence-electron chi connectivity index (χ4n) is 4.52. The molecule has 2 aromatic carbocycles. The Balaban J connectivity index is 0.00000272. The lowest BCUT2D eigenvalue weighted by atomic mass is 10.00. The minimum Gasteiger partial charge on any atom is -0.497 e. The molecular formula is C25H33ClN2O3. The van der Waals surface area contributed by atoms with Crippen LogP contribution in [0.2, 0.25) is 0 Å². The topological polar surface area (TPSA) is 42.0 Å². The van der Waals surface area contributed by atoms with Crippen molar-refractivity contribution in [1.82, 2.24) is 4.90 Å². The molecule has 2 saturated heterocycles. The maximum atomic E-state index is 13.3. The van der Waals surface area contributed by atoms with Gasteiger partial charge in [-0.1, -0.05) is 30.3 Å². The summed E-state index contributed by atoms with van der Waals surface area (Å²) in [6, 6.07) is 18.7. The van der Waals surface area contributed by atoms with Gasteiger partial charge in [-0.3, -0.25) is 4.79 Å². The number of likely N-dealkylation sites (tertiary alicyclic amines) is 1. The molecule has 2 aliphatic rings. The summed E-state index contributed by atoms with van der Waals surface area (Å²) in [5.41, 5.74) is 2.33. The number of halogens is 1. The van der Waals surface area contributed by atoms with Crippen LogP contribution in [-0.4, -0.2) is 56.3 Å². The van der Waals surface area contributed by atoms with Crippen LogP contribution in [0, 0.1) is 0 Å². The first-order valence-electron chi connectivity index (χ1n) is 11.1. The van der Waals surface area contributed by atoms with Crippen molar-refractivity contribution in [1.29, 1.82) is 0 Å². The number of carbonyl (C=O) groups excluding carboxylic acids is 1. The van der Waals surface area contributed by atoms with Crippen molar-refractivity contribution in [2.45, 2.75) is 44.2 Å². The lowest BCUT2D eigenvalue weighted by Gasteiger charge is -2.39. The molecular weight excluding hydrogens is 412 g/mol. The zero-order valence-electron chi connectivity index (χ0n) is 18.2. The smallest absolute Gasteiger partial charge is 0.256 e. The van der Waals surface area contributed by atoms with Crippen molar-refractivity contribution in [2.24, 2.45) is 0 Å². The zero-order chi connectivity index (χ0) is 20.8. The quantitative estimate of drug-likeness (QED) is 0.637. The SMILES string of the molecule is COc1ccc(N(C(=O)C2CCCO2)C2CCN(CCc3ccccc3)CC2)cc1.Cl. The van der Waals surface area contributed by atoms with E-state index in [0.29, 0.717) is 6.61 Å². The van der Waals surface area contributed by atoms with E-state index in [9.17, 15) is 4.79 Å². The molecule has 0 radical (unpaired) electrons. The van der Waals surface area contributed by atoms with E-state index in [-0.39, 0.29) is 30.5 Å². The maximum absolute atomic E-state index is 13.3. The molecule has 0 bridgehead atoms. The van der Waals surface area contributed by atoms with Gasteiger partial charge in [0.05, 0.1) is 7.11 Å². The van der Waals surface area contributed by atoms with Crippen molar-refractivity contribution in [2.75, 3.05) is 38.3 Å². The third kappa shape index (κ3) is 6.00. The number of rotatable bonds is 7. The predicted molar refractivity (Wildman–Crippen MR) is 126 cm³/mol. The van der Waals surface area contributed by atoms with E-state index >= 15 is 0 Å². The maximum Gasteiger partial charge on any atom is 0.256 e. The van der Waals surface area contributed by atoms with Gasteiger partial charge in [-0.2, -0.15) is 0 Å². The monoisotopic (exact) mass is 444 g/mol. The van der Waals surface area contributed by atoms with Gasteiger partial charge in [0, 0.05) is 38.0 Å². The van der Waals surface area contributed by atoms with E-state index in [0.717, 1.165) is 63.2 Å². The van der Waals surface area contributed by atoms with Crippen molar-refractivity contribution in [3.63, 3.8) is 0 Å². The normalized spacial score (nSPS) is 19.6. The Morgan fingerprint density at radius 3 is 2.39 bits per heavy atom. The van der Waals surface area contributed by atoms with E-state index in [1.165, 1.54) is 5.56 Å². The number of benzene rings is 2. The van der Waals surface area contributed by atoms with E-state index in [2.05, 4.69) is 35.2 Å². The number of anilines is 1. The first kappa shape index (κ1) is 23.6. The molecule has 31 heavy (non-hydrogen) atoms. The molecule has 1 atom stereocenters. The zero-order valence-corrected chi connectivity index (χ0v) is 19.1. The summed E-state index contributed by atoms with van der Waals surface area (Å²) >= 11 is 0. The molecule has 0 spiro atoms. The van der Waals surface area contributed by atoms with E-state index in [1.807, 2.05) is 29.2 Å². The Labute approximate surface area is 191 Å². The van der Waals surface area contributed by atoms with Crippen molar-refractivity contribution < 1.29 is 14.3 Å².